The number of alkyl carbamates (subject to hydrolysis) is 1. The summed E-state index contributed by atoms with van der Waals surface area (Å²) >= 11 is 0. The molecule has 1 aromatic carbocycles. The Bertz CT molecular complexity index is 794. The second kappa shape index (κ2) is 13.4. The molecule has 0 aliphatic rings. The maximum atomic E-state index is 13.5. The molecule has 4 amide bonds. The van der Waals surface area contributed by atoms with Crippen molar-refractivity contribution in [1.82, 2.24) is 15.5 Å². The lowest BCUT2D eigenvalue weighted by Gasteiger charge is -2.34. The third-order valence-corrected chi connectivity index (χ3v) is 4.52. The van der Waals surface area contributed by atoms with E-state index < -0.39 is 54.5 Å². The van der Waals surface area contributed by atoms with Crippen LogP contribution in [-0.4, -0.2) is 65.2 Å². The van der Waals surface area contributed by atoms with Crippen LogP contribution >= 0.6 is 0 Å². The molecule has 10 nitrogen and oxygen atoms in total. The molecule has 0 aliphatic carbocycles. The normalized spacial score (nSPS) is 12.9. The molecule has 0 saturated carbocycles. The van der Waals surface area contributed by atoms with Gasteiger partial charge in [-0.05, 0) is 32.8 Å². The van der Waals surface area contributed by atoms with Crippen LogP contribution in [0.25, 0.3) is 0 Å². The lowest BCUT2D eigenvalue weighted by Crippen LogP contribution is -2.54. The lowest BCUT2D eigenvalue weighted by atomic mass is 10.0. The Hall–Kier alpha value is -3.14. The van der Waals surface area contributed by atoms with E-state index in [9.17, 15) is 24.3 Å². The fourth-order valence-electron chi connectivity index (χ4n) is 3.12. The fourth-order valence-corrected chi connectivity index (χ4v) is 3.12. The largest absolute Gasteiger partial charge is 0.444 e. The zero-order valence-corrected chi connectivity index (χ0v) is 19.8. The SMILES string of the molecule is CCCCNC(=O)C(c1ccccc1)N(CCO)C(=O)C(CC(N)=O)NC(=O)OC(C)(C)C. The molecule has 0 saturated heterocycles. The van der Waals surface area contributed by atoms with Gasteiger partial charge in [0.15, 0.2) is 0 Å². The molecule has 0 aliphatic heterocycles. The lowest BCUT2D eigenvalue weighted by molar-refractivity contribution is -0.143. The summed E-state index contributed by atoms with van der Waals surface area (Å²) in [4.78, 5) is 51.7. The first-order valence-corrected chi connectivity index (χ1v) is 11.0. The number of amides is 4. The van der Waals surface area contributed by atoms with Gasteiger partial charge in [-0.2, -0.15) is 0 Å². The van der Waals surface area contributed by atoms with Crippen LogP contribution in [-0.2, 0) is 19.1 Å². The van der Waals surface area contributed by atoms with E-state index in [0.717, 1.165) is 17.7 Å². The van der Waals surface area contributed by atoms with Crippen molar-refractivity contribution in [3.8, 4) is 0 Å². The Morgan fingerprint density at radius 1 is 1.15 bits per heavy atom. The number of carbonyl (C=O) groups excluding carboxylic acids is 4. The standard InChI is InChI=1S/C23H36N4O6/c1-5-6-12-25-20(30)19(16-10-8-7-9-11-16)27(13-14-28)21(31)17(15-18(24)29)26-22(32)33-23(2,3)4/h7-11,17,19,28H,5-6,12-15H2,1-4H3,(H2,24,29)(H,25,30)(H,26,32). The molecule has 2 atom stereocenters. The average molecular weight is 465 g/mol. The molecule has 0 heterocycles. The number of primary amides is 1. The Balaban J connectivity index is 3.30. The van der Waals surface area contributed by atoms with Crippen LogP contribution in [0.15, 0.2) is 30.3 Å². The molecular formula is C23H36N4O6. The molecule has 184 valence electrons. The second-order valence-electron chi connectivity index (χ2n) is 8.58. The van der Waals surface area contributed by atoms with E-state index in [2.05, 4.69) is 10.6 Å². The molecule has 10 heteroatoms. The molecule has 1 rings (SSSR count). The van der Waals surface area contributed by atoms with Crippen molar-refractivity contribution in [2.45, 2.75) is 64.6 Å². The maximum Gasteiger partial charge on any atom is 0.408 e. The summed E-state index contributed by atoms with van der Waals surface area (Å²) in [6.07, 6.45) is 0.218. The molecule has 0 fully saturated rings. The van der Waals surface area contributed by atoms with E-state index in [0.29, 0.717) is 12.1 Å². The van der Waals surface area contributed by atoms with Crippen LogP contribution in [0.5, 0.6) is 0 Å². The summed E-state index contributed by atoms with van der Waals surface area (Å²) in [5, 5.41) is 14.8. The quantitative estimate of drug-likeness (QED) is 0.342. The predicted octanol–water partition coefficient (Wildman–Crippen LogP) is 1.23. The smallest absolute Gasteiger partial charge is 0.408 e. The molecule has 5 N–H and O–H groups in total. The van der Waals surface area contributed by atoms with E-state index in [1.54, 1.807) is 51.1 Å². The molecule has 33 heavy (non-hydrogen) atoms. The van der Waals surface area contributed by atoms with Crippen molar-refractivity contribution in [2.24, 2.45) is 5.73 Å². The van der Waals surface area contributed by atoms with Crippen molar-refractivity contribution >= 4 is 23.8 Å². The van der Waals surface area contributed by atoms with Crippen molar-refractivity contribution < 1.29 is 29.0 Å². The number of nitrogens with zero attached hydrogens (tertiary/aromatic N) is 1. The van der Waals surface area contributed by atoms with Crippen LogP contribution < -0.4 is 16.4 Å². The summed E-state index contributed by atoms with van der Waals surface area (Å²) in [6.45, 7) is 6.72. The van der Waals surface area contributed by atoms with Gasteiger partial charge >= 0.3 is 6.09 Å². The Kier molecular flexibility index (Phi) is 11.3. The number of nitrogens with two attached hydrogens (primary N) is 1. The number of hydrogen-bond acceptors (Lipinski definition) is 6. The number of hydrogen-bond donors (Lipinski definition) is 4. The number of rotatable bonds is 12. The Morgan fingerprint density at radius 2 is 1.79 bits per heavy atom. The minimum atomic E-state index is -1.38. The number of aliphatic hydroxyl groups excluding tert-OH is 1. The average Bonchev–Trinajstić information content (AvgIpc) is 2.71. The highest BCUT2D eigenvalue weighted by Gasteiger charge is 2.36. The first-order valence-electron chi connectivity index (χ1n) is 11.0. The van der Waals surface area contributed by atoms with Gasteiger partial charge in [0, 0.05) is 13.1 Å². The number of nitrogens with one attached hydrogen (secondary N) is 2. The highest BCUT2D eigenvalue weighted by atomic mass is 16.6. The van der Waals surface area contributed by atoms with E-state index >= 15 is 0 Å². The first-order chi connectivity index (χ1) is 15.5. The van der Waals surface area contributed by atoms with Gasteiger partial charge in [-0.25, -0.2) is 4.79 Å². The summed E-state index contributed by atoms with van der Waals surface area (Å²) in [6, 6.07) is 6.13. The zero-order chi connectivity index (χ0) is 25.0. The van der Waals surface area contributed by atoms with Gasteiger partial charge in [0.25, 0.3) is 0 Å². The van der Waals surface area contributed by atoms with Crippen LogP contribution in [0.1, 0.15) is 58.6 Å². The second-order valence-corrected chi connectivity index (χ2v) is 8.58. The van der Waals surface area contributed by atoms with Crippen LogP contribution in [0.2, 0.25) is 0 Å². The summed E-state index contributed by atoms with van der Waals surface area (Å²) in [5.41, 5.74) is 4.99. The highest BCUT2D eigenvalue weighted by molar-refractivity contribution is 5.94. The third kappa shape index (κ3) is 9.90. The summed E-state index contributed by atoms with van der Waals surface area (Å²) in [5.74, 6) is -2.00. The van der Waals surface area contributed by atoms with Crippen molar-refractivity contribution in [3.05, 3.63) is 35.9 Å². The Labute approximate surface area is 194 Å². The monoisotopic (exact) mass is 464 g/mol. The number of aliphatic hydroxyl groups is 1. The van der Waals surface area contributed by atoms with Crippen molar-refractivity contribution in [1.29, 1.82) is 0 Å². The van der Waals surface area contributed by atoms with E-state index in [1.165, 1.54) is 0 Å². The number of benzene rings is 1. The summed E-state index contributed by atoms with van der Waals surface area (Å²) < 4.78 is 5.20. The highest BCUT2D eigenvalue weighted by Crippen LogP contribution is 2.23. The third-order valence-electron chi connectivity index (χ3n) is 4.52. The molecule has 2 unspecified atom stereocenters. The molecule has 0 radical (unpaired) electrons. The molecule has 0 aromatic heterocycles. The van der Waals surface area contributed by atoms with Crippen molar-refractivity contribution in [2.75, 3.05) is 19.7 Å². The van der Waals surface area contributed by atoms with Crippen LogP contribution in [0.3, 0.4) is 0 Å². The summed E-state index contributed by atoms with van der Waals surface area (Å²) in [7, 11) is 0. The first kappa shape index (κ1) is 27.9. The van der Waals surface area contributed by atoms with E-state index in [4.69, 9.17) is 10.5 Å². The van der Waals surface area contributed by atoms with Crippen LogP contribution in [0.4, 0.5) is 4.79 Å². The van der Waals surface area contributed by atoms with Gasteiger partial charge in [-0.15, -0.1) is 0 Å². The van der Waals surface area contributed by atoms with Crippen LogP contribution in [0, 0.1) is 0 Å². The topological polar surface area (TPSA) is 151 Å². The minimum absolute atomic E-state index is 0.204. The van der Waals surface area contributed by atoms with Gasteiger partial charge in [0.1, 0.15) is 17.7 Å². The Morgan fingerprint density at radius 3 is 2.30 bits per heavy atom. The van der Waals surface area contributed by atoms with Gasteiger partial charge in [0.05, 0.1) is 13.0 Å². The number of carbonyl (C=O) groups is 4. The van der Waals surface area contributed by atoms with Gasteiger partial charge < -0.3 is 31.1 Å². The van der Waals surface area contributed by atoms with Crippen molar-refractivity contribution in [3.63, 3.8) is 0 Å². The number of ether oxygens (including phenoxy) is 1. The van der Waals surface area contributed by atoms with Gasteiger partial charge in [-0.1, -0.05) is 43.7 Å². The zero-order valence-electron chi connectivity index (χ0n) is 19.8. The predicted molar refractivity (Wildman–Crippen MR) is 123 cm³/mol. The van der Waals surface area contributed by atoms with E-state index in [-0.39, 0.29) is 6.54 Å². The van der Waals surface area contributed by atoms with E-state index in [1.807, 2.05) is 6.92 Å². The maximum absolute atomic E-state index is 13.5. The number of unbranched alkanes of at least 4 members (excludes halogenated alkanes) is 1. The molecular weight excluding hydrogens is 428 g/mol. The van der Waals surface area contributed by atoms with Gasteiger partial charge in [0.2, 0.25) is 17.7 Å². The fraction of sp³-hybridized carbons (Fsp3) is 0.565. The molecule has 0 bridgehead atoms. The molecule has 0 spiro atoms. The minimum Gasteiger partial charge on any atom is -0.444 e. The molecule has 1 aromatic rings. The van der Waals surface area contributed by atoms with Gasteiger partial charge in [-0.3, -0.25) is 14.4 Å².